The first kappa shape index (κ1) is 19.6. The van der Waals surface area contributed by atoms with Crippen LogP contribution >= 0.6 is 11.3 Å². The van der Waals surface area contributed by atoms with E-state index in [2.05, 4.69) is 40.2 Å². The average Bonchev–Trinajstić information content (AvgIpc) is 2.95. The lowest BCUT2D eigenvalue weighted by molar-refractivity contribution is -0.125. The largest absolute Gasteiger partial charge is 0.372 e. The summed E-state index contributed by atoms with van der Waals surface area (Å²) in [6.45, 7) is 2.81. The highest BCUT2D eigenvalue weighted by Gasteiger charge is 2.11. The third-order valence-electron chi connectivity index (χ3n) is 5.37. The van der Waals surface area contributed by atoms with Gasteiger partial charge in [-0.1, -0.05) is 37.1 Å². The molecule has 29 heavy (non-hydrogen) atoms. The van der Waals surface area contributed by atoms with Crippen LogP contribution in [0.5, 0.6) is 0 Å². The maximum Gasteiger partial charge on any atom is 0.246 e. The van der Waals surface area contributed by atoms with Gasteiger partial charge in [0.15, 0.2) is 0 Å². The van der Waals surface area contributed by atoms with Crippen molar-refractivity contribution in [2.45, 2.75) is 32.2 Å². The molecule has 1 aliphatic heterocycles. The topological polar surface area (TPSA) is 36.4 Å². The zero-order chi connectivity index (χ0) is 20.1. The maximum absolute atomic E-state index is 12.5. The molecule has 2 heterocycles. The number of nitrogens with zero attached hydrogens (tertiary/aromatic N) is 3. The second-order valence-electron chi connectivity index (χ2n) is 7.60. The van der Waals surface area contributed by atoms with E-state index in [1.807, 2.05) is 31.3 Å². The number of likely N-dealkylation sites (N-methyl/N-ethyl adjacent to an activating group) is 1. The summed E-state index contributed by atoms with van der Waals surface area (Å²) in [5.74, 6) is -0.0131. The highest BCUT2D eigenvalue weighted by molar-refractivity contribution is 7.18. The number of para-hydroxylation sites is 1. The van der Waals surface area contributed by atoms with Crippen LogP contribution in [-0.2, 0) is 11.3 Å². The number of amides is 1. The zero-order valence-corrected chi connectivity index (χ0v) is 17.7. The number of rotatable bonds is 5. The van der Waals surface area contributed by atoms with Crippen molar-refractivity contribution >= 4 is 39.2 Å². The van der Waals surface area contributed by atoms with Gasteiger partial charge in [-0.25, -0.2) is 4.98 Å². The van der Waals surface area contributed by atoms with E-state index in [1.165, 1.54) is 31.4 Å². The van der Waals surface area contributed by atoms with Crippen LogP contribution in [0.15, 0.2) is 54.6 Å². The van der Waals surface area contributed by atoms with Crippen LogP contribution in [0.25, 0.3) is 16.3 Å². The molecule has 4 nitrogen and oxygen atoms in total. The van der Waals surface area contributed by atoms with Crippen molar-refractivity contribution in [1.82, 2.24) is 9.88 Å². The van der Waals surface area contributed by atoms with E-state index in [-0.39, 0.29) is 5.91 Å². The maximum atomic E-state index is 12.5. The monoisotopic (exact) mass is 405 g/mol. The molecule has 0 spiro atoms. The summed E-state index contributed by atoms with van der Waals surface area (Å²) in [5, 5.41) is 0.956. The Hall–Kier alpha value is -2.66. The first-order valence-electron chi connectivity index (χ1n) is 10.3. The van der Waals surface area contributed by atoms with Gasteiger partial charge in [-0.3, -0.25) is 4.79 Å². The molecule has 0 saturated carbocycles. The van der Waals surface area contributed by atoms with Crippen LogP contribution in [0.4, 0.5) is 5.69 Å². The summed E-state index contributed by atoms with van der Waals surface area (Å²) < 4.78 is 1.16. The predicted octanol–water partition coefficient (Wildman–Crippen LogP) is 5.35. The Bertz CT molecular complexity index is 952. The van der Waals surface area contributed by atoms with Gasteiger partial charge in [0.05, 0.1) is 16.8 Å². The molecule has 0 radical (unpaired) electrons. The van der Waals surface area contributed by atoms with Crippen molar-refractivity contribution in [1.29, 1.82) is 0 Å². The molecule has 5 heteroatoms. The molecule has 1 saturated heterocycles. The SMILES string of the molecule is CN(Cc1nc2ccccc2s1)C(=O)C=Cc1ccc(N2CCCCCC2)cc1. The van der Waals surface area contributed by atoms with Gasteiger partial charge in [0, 0.05) is 31.9 Å². The Morgan fingerprint density at radius 2 is 1.79 bits per heavy atom. The average molecular weight is 406 g/mol. The van der Waals surface area contributed by atoms with E-state index in [9.17, 15) is 4.79 Å². The zero-order valence-electron chi connectivity index (χ0n) is 16.9. The fourth-order valence-electron chi connectivity index (χ4n) is 3.69. The lowest BCUT2D eigenvalue weighted by Crippen LogP contribution is -2.24. The third kappa shape index (κ3) is 5.04. The third-order valence-corrected chi connectivity index (χ3v) is 6.39. The van der Waals surface area contributed by atoms with Crippen molar-refractivity contribution in [3.8, 4) is 0 Å². The molecule has 1 aliphatic rings. The fraction of sp³-hybridized carbons (Fsp3) is 0.333. The van der Waals surface area contributed by atoms with Gasteiger partial charge in [-0.05, 0) is 48.7 Å². The minimum absolute atomic E-state index is 0.0131. The number of hydrogen-bond acceptors (Lipinski definition) is 4. The Morgan fingerprint density at radius 3 is 2.52 bits per heavy atom. The van der Waals surface area contributed by atoms with E-state index >= 15 is 0 Å². The van der Waals surface area contributed by atoms with Gasteiger partial charge >= 0.3 is 0 Å². The summed E-state index contributed by atoms with van der Waals surface area (Å²) in [6, 6.07) is 16.6. The predicted molar refractivity (Wildman–Crippen MR) is 122 cm³/mol. The number of thiazole rings is 1. The van der Waals surface area contributed by atoms with Gasteiger partial charge < -0.3 is 9.80 Å². The number of fused-ring (bicyclic) bond motifs is 1. The van der Waals surface area contributed by atoms with E-state index in [0.29, 0.717) is 6.54 Å². The van der Waals surface area contributed by atoms with E-state index in [4.69, 9.17) is 0 Å². The summed E-state index contributed by atoms with van der Waals surface area (Å²) >= 11 is 1.64. The van der Waals surface area contributed by atoms with Crippen LogP contribution < -0.4 is 4.90 Å². The number of carbonyl (C=O) groups is 1. The Balaban J connectivity index is 1.35. The van der Waals surface area contributed by atoms with Gasteiger partial charge in [0.1, 0.15) is 5.01 Å². The van der Waals surface area contributed by atoms with Crippen LogP contribution in [0.1, 0.15) is 36.3 Å². The minimum atomic E-state index is -0.0131. The summed E-state index contributed by atoms with van der Waals surface area (Å²) in [6.07, 6.45) is 8.76. The van der Waals surface area contributed by atoms with Crippen molar-refractivity contribution in [2.75, 3.05) is 25.0 Å². The van der Waals surface area contributed by atoms with Crippen LogP contribution in [0.3, 0.4) is 0 Å². The molecular formula is C24H27N3OS. The Morgan fingerprint density at radius 1 is 1.07 bits per heavy atom. The first-order valence-corrected chi connectivity index (χ1v) is 11.1. The summed E-state index contributed by atoms with van der Waals surface area (Å²) in [5.41, 5.74) is 3.32. The second kappa shape index (κ2) is 9.23. The number of aromatic nitrogens is 1. The Labute approximate surface area is 176 Å². The minimum Gasteiger partial charge on any atom is -0.372 e. The number of benzene rings is 2. The van der Waals surface area contributed by atoms with Gasteiger partial charge in [0.25, 0.3) is 0 Å². The highest BCUT2D eigenvalue weighted by atomic mass is 32.1. The van der Waals surface area contributed by atoms with E-state index < -0.39 is 0 Å². The number of hydrogen-bond donors (Lipinski definition) is 0. The lowest BCUT2D eigenvalue weighted by Gasteiger charge is -2.22. The van der Waals surface area contributed by atoms with Crippen LogP contribution in [0.2, 0.25) is 0 Å². The highest BCUT2D eigenvalue weighted by Crippen LogP contribution is 2.23. The van der Waals surface area contributed by atoms with Crippen LogP contribution in [0, 0.1) is 0 Å². The van der Waals surface area contributed by atoms with Crippen molar-refractivity contribution < 1.29 is 4.79 Å². The van der Waals surface area contributed by atoms with E-state index in [0.717, 1.165) is 33.9 Å². The smallest absolute Gasteiger partial charge is 0.246 e. The Kier molecular flexibility index (Phi) is 6.25. The molecule has 3 aromatic rings. The molecule has 0 bridgehead atoms. The summed E-state index contributed by atoms with van der Waals surface area (Å²) in [4.78, 5) is 21.3. The molecule has 0 N–H and O–H groups in total. The lowest BCUT2D eigenvalue weighted by atomic mass is 10.1. The fourth-order valence-corrected chi connectivity index (χ4v) is 4.71. The first-order chi connectivity index (χ1) is 14.2. The molecule has 4 rings (SSSR count). The molecule has 2 aromatic carbocycles. The normalized spacial score (nSPS) is 15.0. The van der Waals surface area contributed by atoms with Crippen LogP contribution in [-0.4, -0.2) is 35.9 Å². The molecule has 150 valence electrons. The van der Waals surface area contributed by atoms with Gasteiger partial charge in [-0.2, -0.15) is 0 Å². The second-order valence-corrected chi connectivity index (χ2v) is 8.71. The molecule has 0 aliphatic carbocycles. The van der Waals surface area contributed by atoms with Crippen molar-refractivity contribution in [2.24, 2.45) is 0 Å². The van der Waals surface area contributed by atoms with E-state index in [1.54, 1.807) is 22.3 Å². The quantitative estimate of drug-likeness (QED) is 0.537. The molecule has 1 aromatic heterocycles. The molecule has 1 fully saturated rings. The van der Waals surface area contributed by atoms with Crippen molar-refractivity contribution in [3.05, 3.63) is 65.2 Å². The molecule has 1 amide bonds. The van der Waals surface area contributed by atoms with Gasteiger partial charge in [0.2, 0.25) is 5.91 Å². The molecule has 0 atom stereocenters. The number of anilines is 1. The summed E-state index contributed by atoms with van der Waals surface area (Å²) in [7, 11) is 1.82. The standard InChI is InChI=1S/C24H27N3OS/c1-26(18-23-25-21-8-4-5-9-22(21)29-23)24(28)15-12-19-10-13-20(14-11-19)27-16-6-2-3-7-17-27/h4-5,8-15H,2-3,6-7,16-18H2,1H3. The molecule has 0 unspecified atom stereocenters. The van der Waals surface area contributed by atoms with Gasteiger partial charge in [-0.15, -0.1) is 11.3 Å². The number of carbonyl (C=O) groups excluding carboxylic acids is 1. The molecular weight excluding hydrogens is 378 g/mol. The van der Waals surface area contributed by atoms with Crippen molar-refractivity contribution in [3.63, 3.8) is 0 Å².